The van der Waals surface area contributed by atoms with Crippen LogP contribution in [0.3, 0.4) is 0 Å². The summed E-state index contributed by atoms with van der Waals surface area (Å²) in [6.45, 7) is 13.2. The molecule has 15 nitrogen and oxygen atoms in total. The Labute approximate surface area is 215 Å². The number of hydrogen-bond acceptors (Lipinski definition) is 12. The van der Waals surface area contributed by atoms with Gasteiger partial charge in [0, 0.05) is 0 Å². The normalized spacial score (nSPS) is 10.5. The Morgan fingerprint density at radius 1 is 0.486 bits per heavy atom. The molecule has 0 radical (unpaired) electrons. The fourth-order valence-electron chi connectivity index (χ4n) is 2.90. The number of nitrogens with zero attached hydrogens (tertiary/aromatic N) is 6. The molecule has 37 heavy (non-hydrogen) atoms. The van der Waals surface area contributed by atoms with Gasteiger partial charge in [0.05, 0.1) is 57.8 Å². The Kier molecular flexibility index (Phi) is 10.3. The van der Waals surface area contributed by atoms with Crippen LogP contribution in [0.25, 0.3) is 0 Å². The van der Waals surface area contributed by atoms with Crippen molar-refractivity contribution in [2.75, 3.05) is 39.6 Å². The smallest absolute Gasteiger partial charge is 0.477 e. The van der Waals surface area contributed by atoms with Crippen molar-refractivity contribution in [1.29, 1.82) is 0 Å². The lowest BCUT2D eigenvalue weighted by molar-refractivity contribution is 0.0186. The average Bonchev–Trinajstić information content (AvgIpc) is 3.53. The van der Waals surface area contributed by atoms with Gasteiger partial charge in [-0.25, -0.2) is 0 Å². The number of ether oxygens (including phenoxy) is 6. The Balaban J connectivity index is 1.96. The topological polar surface area (TPSA) is 137 Å². The van der Waals surface area contributed by atoms with E-state index in [-0.39, 0.29) is 35.3 Å². The molecule has 0 aliphatic rings. The van der Waals surface area contributed by atoms with Crippen molar-refractivity contribution in [2.24, 2.45) is 0 Å². The van der Waals surface area contributed by atoms with Crippen LogP contribution < -0.4 is 42.7 Å². The summed E-state index contributed by atoms with van der Waals surface area (Å²) in [4.78, 5) is 3.21. The zero-order valence-corrected chi connectivity index (χ0v) is 21.9. The zero-order valence-electron chi connectivity index (χ0n) is 21.9. The summed E-state index contributed by atoms with van der Waals surface area (Å²) in [5, 5.41) is 12.7. The Hall–Kier alpha value is -4.11. The minimum Gasteiger partial charge on any atom is -0.477 e. The van der Waals surface area contributed by atoms with E-state index in [0.717, 1.165) is 14.5 Å². The van der Waals surface area contributed by atoms with Gasteiger partial charge < -0.3 is 42.7 Å². The van der Waals surface area contributed by atoms with Crippen LogP contribution in [-0.4, -0.2) is 76.8 Å². The summed E-state index contributed by atoms with van der Waals surface area (Å²) in [7, 11) is -1.55. The zero-order chi connectivity index (χ0) is 26.6. The highest BCUT2D eigenvalue weighted by Gasteiger charge is 2.38. The van der Waals surface area contributed by atoms with Crippen molar-refractivity contribution in [2.45, 2.75) is 41.5 Å². The van der Waals surface area contributed by atoms with Crippen LogP contribution in [0.15, 0.2) is 18.2 Å². The third-order valence-corrected chi connectivity index (χ3v) is 4.19. The van der Waals surface area contributed by atoms with Crippen molar-refractivity contribution in [1.82, 2.24) is 29.8 Å². The van der Waals surface area contributed by atoms with Gasteiger partial charge in [-0.3, -0.25) is 0 Å². The van der Waals surface area contributed by atoms with Crippen LogP contribution in [-0.2, 0) is 0 Å². The summed E-state index contributed by atoms with van der Waals surface area (Å²) in [5.41, 5.74) is 0. The number of aromatic nitrogens is 6. The molecule has 16 heteroatoms. The molecule has 0 bridgehead atoms. The Morgan fingerprint density at radius 3 is 1.00 bits per heavy atom. The van der Waals surface area contributed by atoms with Crippen LogP contribution in [0.4, 0.5) is 0 Å². The molecule has 0 aromatic carbocycles. The molecule has 3 aromatic rings. The van der Waals surface area contributed by atoms with E-state index < -0.39 is 7.32 Å². The molecule has 0 aliphatic heterocycles. The molecule has 0 aliphatic carbocycles. The monoisotopic (exact) mass is 524 g/mol. The number of hydrogen-bond donors (Lipinski definition) is 0. The van der Waals surface area contributed by atoms with Crippen molar-refractivity contribution < 1.29 is 42.7 Å². The molecule has 0 unspecified atom stereocenters. The van der Waals surface area contributed by atoms with E-state index in [4.69, 9.17) is 42.7 Å². The largest absolute Gasteiger partial charge is 0.929 e. The van der Waals surface area contributed by atoms with Crippen LogP contribution in [0, 0.1) is 0 Å². The van der Waals surface area contributed by atoms with Gasteiger partial charge in [0.15, 0.2) is 0 Å². The molecule has 0 amide bonds. The first-order valence-corrected chi connectivity index (χ1v) is 12.1. The van der Waals surface area contributed by atoms with E-state index >= 15 is 0 Å². The standard InChI is InChI=1S/C21H33BN6O9/c1-7-29-16-13-19(32-10-4)26(23-16)35-22(36-27-20(33-11-5)14-17(24-27)30-8-2)37-28-21(34-12-6)15-18(25-28)31-9-3/h13-15H,7-12H2,1-6H3. The quantitative estimate of drug-likeness (QED) is 0.222. The lowest BCUT2D eigenvalue weighted by Crippen LogP contribution is -2.49. The summed E-state index contributed by atoms with van der Waals surface area (Å²) in [5.74, 6) is 1.61. The van der Waals surface area contributed by atoms with Gasteiger partial charge in [0.2, 0.25) is 17.6 Å². The first-order valence-electron chi connectivity index (χ1n) is 12.1. The second-order valence-electron chi connectivity index (χ2n) is 6.78. The molecule has 0 atom stereocenters. The highest BCUT2D eigenvalue weighted by molar-refractivity contribution is 6.37. The van der Waals surface area contributed by atoms with Gasteiger partial charge in [-0.05, 0) is 41.5 Å². The van der Waals surface area contributed by atoms with Gasteiger partial charge in [0.25, 0.3) is 17.6 Å². The Bertz CT molecular complexity index is 955. The molecule has 3 heterocycles. The highest BCUT2D eigenvalue weighted by Crippen LogP contribution is 2.22. The second-order valence-corrected chi connectivity index (χ2v) is 6.78. The maximum Gasteiger partial charge on any atom is 0.929 e. The molecule has 0 saturated carbocycles. The fourth-order valence-corrected chi connectivity index (χ4v) is 2.90. The van der Waals surface area contributed by atoms with Crippen molar-refractivity contribution in [3.05, 3.63) is 18.2 Å². The minimum absolute atomic E-state index is 0.254. The molecule has 204 valence electrons. The molecule has 3 aromatic heterocycles. The molecular formula is C21H33BN6O9. The first-order chi connectivity index (χ1) is 18.0. The molecule has 3 rings (SSSR count). The average molecular weight is 524 g/mol. The van der Waals surface area contributed by atoms with E-state index in [2.05, 4.69) is 15.3 Å². The minimum atomic E-state index is -1.55. The van der Waals surface area contributed by atoms with E-state index in [0.29, 0.717) is 39.6 Å². The molecule has 0 spiro atoms. The third kappa shape index (κ3) is 7.44. The summed E-state index contributed by atoms with van der Waals surface area (Å²) in [6, 6.07) is 4.72. The third-order valence-electron chi connectivity index (χ3n) is 4.19. The second kappa shape index (κ2) is 13.8. The van der Waals surface area contributed by atoms with Gasteiger partial charge in [-0.15, -0.1) is 0 Å². The maximum absolute atomic E-state index is 5.88. The van der Waals surface area contributed by atoms with E-state index in [1.54, 1.807) is 18.2 Å². The maximum atomic E-state index is 5.88. The van der Waals surface area contributed by atoms with E-state index in [1.165, 1.54) is 0 Å². The van der Waals surface area contributed by atoms with Gasteiger partial charge in [-0.1, -0.05) is 29.8 Å². The van der Waals surface area contributed by atoms with Gasteiger partial charge >= 0.3 is 7.32 Å². The summed E-state index contributed by atoms with van der Waals surface area (Å²) >= 11 is 0. The predicted molar refractivity (Wildman–Crippen MR) is 129 cm³/mol. The lowest BCUT2D eigenvalue weighted by atomic mass is 10.3. The van der Waals surface area contributed by atoms with Gasteiger partial charge in [-0.2, -0.15) is 0 Å². The molecule has 0 saturated heterocycles. The SMILES string of the molecule is CCOc1cc(OCC)n(OB(On2nc(OCC)cc2OCC)On2nc(OCC)cc2OCC)n1. The summed E-state index contributed by atoms with van der Waals surface area (Å²) in [6.07, 6.45) is 0. The predicted octanol–water partition coefficient (Wildman–Crippen LogP) is 1.34. The van der Waals surface area contributed by atoms with Crippen LogP contribution >= 0.6 is 0 Å². The highest BCUT2D eigenvalue weighted by atomic mass is 16.9. The molecule has 0 fully saturated rings. The fraction of sp³-hybridized carbons (Fsp3) is 0.571. The van der Waals surface area contributed by atoms with Crippen molar-refractivity contribution in [3.8, 4) is 35.3 Å². The van der Waals surface area contributed by atoms with Crippen molar-refractivity contribution >= 4 is 7.32 Å². The van der Waals surface area contributed by atoms with E-state index in [1.807, 2.05) is 41.5 Å². The van der Waals surface area contributed by atoms with Crippen LogP contribution in [0.2, 0.25) is 0 Å². The van der Waals surface area contributed by atoms with Crippen LogP contribution in [0.1, 0.15) is 41.5 Å². The first kappa shape index (κ1) is 27.5. The van der Waals surface area contributed by atoms with Gasteiger partial charge in [0.1, 0.15) is 0 Å². The van der Waals surface area contributed by atoms with Crippen LogP contribution in [0.5, 0.6) is 35.3 Å². The molecular weight excluding hydrogens is 491 g/mol. The Morgan fingerprint density at radius 2 is 0.757 bits per heavy atom. The van der Waals surface area contributed by atoms with E-state index in [9.17, 15) is 0 Å². The lowest BCUT2D eigenvalue weighted by Gasteiger charge is -2.17. The number of rotatable bonds is 18. The molecule has 0 N–H and O–H groups in total. The van der Waals surface area contributed by atoms with Crippen molar-refractivity contribution in [3.63, 3.8) is 0 Å². The summed E-state index contributed by atoms with van der Waals surface area (Å²) < 4.78 is 50.9.